The van der Waals surface area contributed by atoms with Crippen molar-refractivity contribution in [2.24, 2.45) is 11.8 Å². The van der Waals surface area contributed by atoms with Gasteiger partial charge in [-0.05, 0) is 31.4 Å². The van der Waals surface area contributed by atoms with Crippen LogP contribution in [-0.4, -0.2) is 19.4 Å². The van der Waals surface area contributed by atoms with Crippen LogP contribution < -0.4 is 16.0 Å². The van der Waals surface area contributed by atoms with Crippen LogP contribution in [0, 0.1) is 5.92 Å². The lowest BCUT2D eigenvalue weighted by atomic mass is 10.0. The van der Waals surface area contributed by atoms with Crippen LogP contribution in [0.3, 0.4) is 0 Å². The standard InChI is InChI=1S/C13H24N4O2S/c1-10(2)5-4-6-11(3)17-20(18,19)12-7-8-13(16-14)15-9-12/h7-11,17H,4-6,14H2,1-3H3,(H,15,16). The first kappa shape index (κ1) is 16.9. The zero-order valence-corrected chi connectivity index (χ0v) is 13.1. The molecule has 6 nitrogen and oxygen atoms in total. The van der Waals surface area contributed by atoms with Crippen molar-refractivity contribution >= 4 is 15.8 Å². The third-order valence-corrected chi connectivity index (χ3v) is 4.54. The monoisotopic (exact) mass is 300 g/mol. The third kappa shape index (κ3) is 5.44. The van der Waals surface area contributed by atoms with E-state index in [1.165, 1.54) is 18.3 Å². The van der Waals surface area contributed by atoms with Gasteiger partial charge in [0.05, 0.1) is 0 Å². The molecule has 0 spiro atoms. The van der Waals surface area contributed by atoms with Crippen LogP contribution >= 0.6 is 0 Å². The maximum absolute atomic E-state index is 12.1. The maximum Gasteiger partial charge on any atom is 0.242 e. The number of anilines is 1. The summed E-state index contributed by atoms with van der Waals surface area (Å²) in [7, 11) is -3.52. The number of hydrogen-bond acceptors (Lipinski definition) is 5. The molecule has 1 unspecified atom stereocenters. The fraction of sp³-hybridized carbons (Fsp3) is 0.615. The van der Waals surface area contributed by atoms with E-state index in [1.807, 2.05) is 6.92 Å². The molecule has 0 aliphatic heterocycles. The second-order valence-electron chi connectivity index (χ2n) is 5.37. The Balaban J connectivity index is 2.59. The largest absolute Gasteiger partial charge is 0.308 e. The average molecular weight is 300 g/mol. The molecule has 20 heavy (non-hydrogen) atoms. The molecule has 1 heterocycles. The zero-order chi connectivity index (χ0) is 15.2. The Morgan fingerprint density at radius 2 is 1.95 bits per heavy atom. The van der Waals surface area contributed by atoms with Crippen LogP contribution in [0.2, 0.25) is 0 Å². The Kier molecular flexibility index (Phi) is 6.38. The minimum Gasteiger partial charge on any atom is -0.308 e. The molecule has 0 aliphatic rings. The molecule has 114 valence electrons. The first-order chi connectivity index (χ1) is 9.35. The van der Waals surface area contributed by atoms with Gasteiger partial charge in [-0.1, -0.05) is 26.7 Å². The second-order valence-corrected chi connectivity index (χ2v) is 7.08. The highest BCUT2D eigenvalue weighted by Gasteiger charge is 2.17. The summed E-state index contributed by atoms with van der Waals surface area (Å²) in [4.78, 5) is 4.05. The second kappa shape index (κ2) is 7.56. The Morgan fingerprint density at radius 1 is 1.25 bits per heavy atom. The van der Waals surface area contributed by atoms with Crippen molar-refractivity contribution in [3.05, 3.63) is 18.3 Å². The van der Waals surface area contributed by atoms with E-state index in [-0.39, 0.29) is 10.9 Å². The molecule has 1 rings (SSSR count). The SMILES string of the molecule is CC(C)CCCC(C)NS(=O)(=O)c1ccc(NN)nc1. The lowest BCUT2D eigenvalue weighted by molar-refractivity contribution is 0.488. The predicted molar refractivity (Wildman–Crippen MR) is 80.5 cm³/mol. The maximum atomic E-state index is 12.1. The van der Waals surface area contributed by atoms with Crippen LogP contribution in [-0.2, 0) is 10.0 Å². The lowest BCUT2D eigenvalue weighted by Gasteiger charge is -2.14. The molecule has 0 aromatic carbocycles. The number of hydrazine groups is 1. The van der Waals surface area contributed by atoms with Gasteiger partial charge in [-0.3, -0.25) is 0 Å². The summed E-state index contributed by atoms with van der Waals surface area (Å²) in [6, 6.07) is 2.91. The highest BCUT2D eigenvalue weighted by molar-refractivity contribution is 7.89. The van der Waals surface area contributed by atoms with Gasteiger partial charge in [-0.15, -0.1) is 0 Å². The van der Waals surface area contributed by atoms with E-state index >= 15 is 0 Å². The molecule has 0 aliphatic carbocycles. The molecule has 1 atom stereocenters. The predicted octanol–water partition coefficient (Wildman–Crippen LogP) is 1.86. The summed E-state index contributed by atoms with van der Waals surface area (Å²) in [5.74, 6) is 6.25. The number of nitrogens with zero attached hydrogens (tertiary/aromatic N) is 1. The van der Waals surface area contributed by atoms with E-state index in [4.69, 9.17) is 5.84 Å². The lowest BCUT2D eigenvalue weighted by Crippen LogP contribution is -2.32. The number of nitrogens with one attached hydrogen (secondary N) is 2. The average Bonchev–Trinajstić information content (AvgIpc) is 2.37. The molecule has 0 radical (unpaired) electrons. The zero-order valence-electron chi connectivity index (χ0n) is 12.3. The molecule has 0 bridgehead atoms. The first-order valence-electron chi connectivity index (χ1n) is 6.80. The highest BCUT2D eigenvalue weighted by Crippen LogP contribution is 2.13. The van der Waals surface area contributed by atoms with Crippen LogP contribution in [0.1, 0.15) is 40.0 Å². The minimum atomic E-state index is -3.52. The van der Waals surface area contributed by atoms with Crippen molar-refractivity contribution in [2.45, 2.75) is 51.0 Å². The third-order valence-electron chi connectivity index (χ3n) is 2.97. The smallest absolute Gasteiger partial charge is 0.242 e. The van der Waals surface area contributed by atoms with Crippen molar-refractivity contribution in [1.29, 1.82) is 0 Å². The van der Waals surface area contributed by atoms with Crippen molar-refractivity contribution in [1.82, 2.24) is 9.71 Å². The molecule has 1 aromatic heterocycles. The van der Waals surface area contributed by atoms with E-state index in [9.17, 15) is 8.42 Å². The number of nitrogens with two attached hydrogens (primary N) is 1. The molecule has 0 saturated carbocycles. The van der Waals surface area contributed by atoms with Gasteiger partial charge in [0.25, 0.3) is 0 Å². The van der Waals surface area contributed by atoms with E-state index in [1.54, 1.807) is 0 Å². The molecular weight excluding hydrogens is 276 g/mol. The highest BCUT2D eigenvalue weighted by atomic mass is 32.2. The van der Waals surface area contributed by atoms with Gasteiger partial charge >= 0.3 is 0 Å². The quantitative estimate of drug-likeness (QED) is 0.503. The number of sulfonamides is 1. The van der Waals surface area contributed by atoms with Crippen molar-refractivity contribution in [2.75, 3.05) is 5.43 Å². The van der Waals surface area contributed by atoms with Gasteiger partial charge in [-0.25, -0.2) is 24.0 Å². The molecule has 0 fully saturated rings. The number of nitrogen functional groups attached to an aromatic ring is 1. The van der Waals surface area contributed by atoms with Crippen molar-refractivity contribution in [3.63, 3.8) is 0 Å². The van der Waals surface area contributed by atoms with Gasteiger partial charge < -0.3 is 5.43 Å². The molecule has 4 N–H and O–H groups in total. The Labute approximate surface area is 121 Å². The number of aromatic nitrogens is 1. The number of pyridine rings is 1. The van der Waals surface area contributed by atoms with Crippen LogP contribution in [0.25, 0.3) is 0 Å². The number of hydrogen-bond donors (Lipinski definition) is 3. The molecule has 0 amide bonds. The number of rotatable bonds is 8. The van der Waals surface area contributed by atoms with Crippen LogP contribution in [0.4, 0.5) is 5.82 Å². The van der Waals surface area contributed by atoms with Crippen molar-refractivity contribution < 1.29 is 8.42 Å². The molecular formula is C13H24N4O2S. The van der Waals surface area contributed by atoms with Gasteiger partial charge in [0.1, 0.15) is 10.7 Å². The minimum absolute atomic E-state index is 0.0916. The summed E-state index contributed by atoms with van der Waals surface area (Å²) in [5, 5.41) is 0. The van der Waals surface area contributed by atoms with E-state index in [0.29, 0.717) is 11.7 Å². The summed E-state index contributed by atoms with van der Waals surface area (Å²) in [6.07, 6.45) is 4.23. The summed E-state index contributed by atoms with van der Waals surface area (Å²) in [6.45, 7) is 6.20. The molecule has 0 saturated heterocycles. The normalized spacial score (nSPS) is 13.4. The first-order valence-corrected chi connectivity index (χ1v) is 8.28. The van der Waals surface area contributed by atoms with Gasteiger partial charge in [-0.2, -0.15) is 0 Å². The fourth-order valence-corrected chi connectivity index (χ4v) is 3.07. The van der Waals surface area contributed by atoms with E-state index in [0.717, 1.165) is 19.3 Å². The van der Waals surface area contributed by atoms with Crippen LogP contribution in [0.15, 0.2) is 23.2 Å². The molecule has 7 heteroatoms. The van der Waals surface area contributed by atoms with Crippen LogP contribution in [0.5, 0.6) is 0 Å². The summed E-state index contributed by atoms with van der Waals surface area (Å²) in [5.41, 5.74) is 2.36. The van der Waals surface area contributed by atoms with Gasteiger partial charge in [0.2, 0.25) is 10.0 Å². The fourth-order valence-electron chi connectivity index (χ4n) is 1.85. The van der Waals surface area contributed by atoms with Gasteiger partial charge in [0.15, 0.2) is 0 Å². The van der Waals surface area contributed by atoms with Gasteiger partial charge in [0, 0.05) is 12.2 Å². The summed E-state index contributed by atoms with van der Waals surface area (Å²) >= 11 is 0. The topological polar surface area (TPSA) is 97.1 Å². The Bertz CT molecular complexity index is 500. The Hall–Kier alpha value is -1.18. The van der Waals surface area contributed by atoms with Crippen molar-refractivity contribution in [3.8, 4) is 0 Å². The van der Waals surface area contributed by atoms with E-state index in [2.05, 4.69) is 29.0 Å². The summed E-state index contributed by atoms with van der Waals surface area (Å²) < 4.78 is 26.9. The van der Waals surface area contributed by atoms with E-state index < -0.39 is 10.0 Å². The molecule has 1 aromatic rings. The Morgan fingerprint density at radius 3 is 2.45 bits per heavy atom.